The number of halogens is 1. The minimum absolute atomic E-state index is 0.608. The lowest BCUT2D eigenvalue weighted by molar-refractivity contribution is 0.489. The Labute approximate surface area is 103 Å². The van der Waals surface area contributed by atoms with Crippen molar-refractivity contribution in [1.82, 2.24) is 5.32 Å². The summed E-state index contributed by atoms with van der Waals surface area (Å²) >= 11 is 5.82. The van der Waals surface area contributed by atoms with Crippen LogP contribution in [0.2, 0.25) is 0 Å². The van der Waals surface area contributed by atoms with Crippen molar-refractivity contribution in [2.24, 2.45) is 5.92 Å². The molecule has 88 valence electrons. The van der Waals surface area contributed by atoms with E-state index in [0.717, 1.165) is 12.5 Å². The minimum atomic E-state index is 0.608. The van der Waals surface area contributed by atoms with Crippen molar-refractivity contribution in [2.75, 3.05) is 6.54 Å². The van der Waals surface area contributed by atoms with E-state index in [1.54, 1.807) is 0 Å². The van der Waals surface area contributed by atoms with Crippen molar-refractivity contribution >= 4 is 11.6 Å². The van der Waals surface area contributed by atoms with E-state index in [-0.39, 0.29) is 0 Å². The van der Waals surface area contributed by atoms with Gasteiger partial charge in [0.2, 0.25) is 0 Å². The largest absolute Gasteiger partial charge is 0.312 e. The quantitative estimate of drug-likeness (QED) is 0.770. The Kier molecular flexibility index (Phi) is 4.68. The van der Waals surface area contributed by atoms with Crippen LogP contribution in [-0.2, 0) is 12.4 Å². The molecule has 0 bridgehead atoms. The number of hydrogen-bond acceptors (Lipinski definition) is 1. The Morgan fingerprint density at radius 2 is 1.94 bits per heavy atom. The Balaban J connectivity index is 1.75. The maximum absolute atomic E-state index is 5.82. The standard InChI is InChI=1S/C14H20ClN/c15-9-13-6-3-7-14(8-13)11-16-10-12-4-1-2-5-12/h3,6-8,12,16H,1-2,4-5,9-11H2. The van der Waals surface area contributed by atoms with Crippen molar-refractivity contribution < 1.29 is 0 Å². The van der Waals surface area contributed by atoms with Crippen molar-refractivity contribution in [3.8, 4) is 0 Å². The highest BCUT2D eigenvalue weighted by Crippen LogP contribution is 2.23. The lowest BCUT2D eigenvalue weighted by Crippen LogP contribution is -2.20. The van der Waals surface area contributed by atoms with Gasteiger partial charge >= 0.3 is 0 Å². The minimum Gasteiger partial charge on any atom is -0.312 e. The highest BCUT2D eigenvalue weighted by atomic mass is 35.5. The first-order valence-electron chi connectivity index (χ1n) is 6.23. The zero-order valence-corrected chi connectivity index (χ0v) is 10.5. The normalized spacial score (nSPS) is 16.8. The maximum atomic E-state index is 5.82. The molecule has 0 unspecified atom stereocenters. The molecule has 0 aliphatic heterocycles. The molecule has 0 heterocycles. The van der Waals surface area contributed by atoms with Gasteiger partial charge in [-0.1, -0.05) is 37.1 Å². The summed E-state index contributed by atoms with van der Waals surface area (Å²) in [4.78, 5) is 0. The molecule has 1 N–H and O–H groups in total. The molecule has 1 aromatic rings. The molecular weight excluding hydrogens is 218 g/mol. The van der Waals surface area contributed by atoms with Crippen LogP contribution in [0.3, 0.4) is 0 Å². The number of benzene rings is 1. The first kappa shape index (κ1) is 11.9. The SMILES string of the molecule is ClCc1cccc(CNCC2CCCC2)c1. The smallest absolute Gasteiger partial charge is 0.0474 e. The van der Waals surface area contributed by atoms with Crippen LogP contribution in [-0.4, -0.2) is 6.54 Å². The van der Waals surface area contributed by atoms with E-state index in [4.69, 9.17) is 11.6 Å². The molecule has 0 spiro atoms. The topological polar surface area (TPSA) is 12.0 Å². The summed E-state index contributed by atoms with van der Waals surface area (Å²) in [5, 5.41) is 3.55. The van der Waals surface area contributed by atoms with Crippen LogP contribution in [0, 0.1) is 5.92 Å². The Morgan fingerprint density at radius 3 is 2.69 bits per heavy atom. The van der Waals surface area contributed by atoms with E-state index in [9.17, 15) is 0 Å². The molecule has 2 heteroatoms. The van der Waals surface area contributed by atoms with Crippen LogP contribution < -0.4 is 5.32 Å². The third-order valence-electron chi connectivity index (χ3n) is 3.38. The molecule has 1 fully saturated rings. The molecule has 1 aliphatic carbocycles. The molecule has 1 saturated carbocycles. The first-order chi connectivity index (χ1) is 7.88. The fourth-order valence-electron chi connectivity index (χ4n) is 2.46. The number of nitrogens with one attached hydrogen (secondary N) is 1. The molecule has 0 saturated heterocycles. The summed E-state index contributed by atoms with van der Waals surface area (Å²) in [6.07, 6.45) is 5.67. The van der Waals surface area contributed by atoms with E-state index in [1.165, 1.54) is 43.4 Å². The van der Waals surface area contributed by atoms with Crippen molar-refractivity contribution in [3.05, 3.63) is 35.4 Å². The second kappa shape index (κ2) is 6.27. The van der Waals surface area contributed by atoms with Gasteiger partial charge in [-0.25, -0.2) is 0 Å². The second-order valence-electron chi connectivity index (χ2n) is 4.73. The van der Waals surface area contributed by atoms with Gasteiger partial charge in [-0.2, -0.15) is 0 Å². The van der Waals surface area contributed by atoms with Crippen LogP contribution in [0.15, 0.2) is 24.3 Å². The fraction of sp³-hybridized carbons (Fsp3) is 0.571. The monoisotopic (exact) mass is 237 g/mol. The van der Waals surface area contributed by atoms with Crippen molar-refractivity contribution in [2.45, 2.75) is 38.1 Å². The third-order valence-corrected chi connectivity index (χ3v) is 3.69. The molecule has 0 radical (unpaired) electrons. The summed E-state index contributed by atoms with van der Waals surface area (Å²) < 4.78 is 0. The Morgan fingerprint density at radius 1 is 1.19 bits per heavy atom. The zero-order valence-electron chi connectivity index (χ0n) is 9.71. The van der Waals surface area contributed by atoms with Crippen LogP contribution in [0.4, 0.5) is 0 Å². The highest BCUT2D eigenvalue weighted by molar-refractivity contribution is 6.17. The van der Waals surface area contributed by atoms with Gasteiger partial charge in [0.25, 0.3) is 0 Å². The first-order valence-corrected chi connectivity index (χ1v) is 6.76. The van der Waals surface area contributed by atoms with E-state index >= 15 is 0 Å². The third kappa shape index (κ3) is 3.50. The Bertz CT molecular complexity index is 318. The molecule has 1 aliphatic rings. The van der Waals surface area contributed by atoms with Gasteiger partial charge < -0.3 is 5.32 Å². The molecule has 1 aromatic carbocycles. The maximum Gasteiger partial charge on any atom is 0.0474 e. The predicted octanol–water partition coefficient (Wildman–Crippen LogP) is 3.71. The Hall–Kier alpha value is -0.530. The van der Waals surface area contributed by atoms with Crippen molar-refractivity contribution in [1.29, 1.82) is 0 Å². The van der Waals surface area contributed by atoms with E-state index in [0.29, 0.717) is 5.88 Å². The molecule has 0 amide bonds. The van der Waals surface area contributed by atoms with Gasteiger partial charge in [0.05, 0.1) is 0 Å². The van der Waals surface area contributed by atoms with Gasteiger partial charge in [-0.3, -0.25) is 0 Å². The van der Waals surface area contributed by atoms with Gasteiger partial charge in [0.1, 0.15) is 0 Å². The summed E-state index contributed by atoms with van der Waals surface area (Å²) in [5.41, 5.74) is 2.55. The fourth-order valence-corrected chi connectivity index (χ4v) is 2.62. The van der Waals surface area contributed by atoms with Crippen LogP contribution in [0.1, 0.15) is 36.8 Å². The average molecular weight is 238 g/mol. The lowest BCUT2D eigenvalue weighted by Gasteiger charge is -2.10. The molecule has 0 atom stereocenters. The summed E-state index contributed by atoms with van der Waals surface area (Å²) in [5.74, 6) is 1.52. The van der Waals surface area contributed by atoms with E-state index in [2.05, 4.69) is 29.6 Å². The van der Waals surface area contributed by atoms with Gasteiger partial charge in [0.15, 0.2) is 0 Å². The molecule has 0 aromatic heterocycles. The van der Waals surface area contributed by atoms with Gasteiger partial charge in [-0.05, 0) is 36.4 Å². The van der Waals surface area contributed by atoms with Crippen molar-refractivity contribution in [3.63, 3.8) is 0 Å². The number of hydrogen-bond donors (Lipinski definition) is 1. The zero-order chi connectivity index (χ0) is 11.2. The molecular formula is C14H20ClN. The van der Waals surface area contributed by atoms with Crippen LogP contribution in [0.25, 0.3) is 0 Å². The number of alkyl halides is 1. The summed E-state index contributed by atoms with van der Waals surface area (Å²) in [6.45, 7) is 2.15. The molecule has 16 heavy (non-hydrogen) atoms. The summed E-state index contributed by atoms with van der Waals surface area (Å²) in [6, 6.07) is 8.52. The predicted molar refractivity (Wildman–Crippen MR) is 69.7 cm³/mol. The lowest BCUT2D eigenvalue weighted by atomic mass is 10.1. The number of rotatable bonds is 5. The van der Waals surface area contributed by atoms with Gasteiger partial charge in [-0.15, -0.1) is 11.6 Å². The molecule has 1 nitrogen and oxygen atoms in total. The van der Waals surface area contributed by atoms with E-state index < -0.39 is 0 Å². The highest BCUT2D eigenvalue weighted by Gasteiger charge is 2.13. The summed E-state index contributed by atoms with van der Waals surface area (Å²) in [7, 11) is 0. The van der Waals surface area contributed by atoms with Crippen LogP contribution >= 0.6 is 11.6 Å². The molecule has 2 rings (SSSR count). The van der Waals surface area contributed by atoms with Crippen LogP contribution in [0.5, 0.6) is 0 Å². The second-order valence-corrected chi connectivity index (χ2v) is 5.00. The average Bonchev–Trinajstić information content (AvgIpc) is 2.82. The van der Waals surface area contributed by atoms with E-state index in [1.807, 2.05) is 0 Å². The van der Waals surface area contributed by atoms with Gasteiger partial charge in [0, 0.05) is 12.4 Å².